The van der Waals surface area contributed by atoms with Gasteiger partial charge in [-0.15, -0.1) is 11.3 Å². The Hall–Kier alpha value is -1.62. The van der Waals surface area contributed by atoms with Crippen LogP contribution in [0.4, 0.5) is 0 Å². The van der Waals surface area contributed by atoms with Gasteiger partial charge in [0, 0.05) is 12.4 Å². The molecule has 4 nitrogen and oxygen atoms in total. The number of carbonyl (C=O) groups is 1. The number of aromatic amines is 1. The lowest BCUT2D eigenvalue weighted by Gasteiger charge is -1.99. The van der Waals surface area contributed by atoms with E-state index in [2.05, 4.69) is 15.3 Å². The first-order valence-electron chi connectivity index (χ1n) is 4.16. The Bertz CT molecular complexity index is 394. The van der Waals surface area contributed by atoms with E-state index in [1.807, 2.05) is 11.4 Å². The minimum atomic E-state index is -0.0589. The topological polar surface area (TPSA) is 57.8 Å². The van der Waals surface area contributed by atoms with E-state index in [0.29, 0.717) is 6.54 Å². The maximum absolute atomic E-state index is 11.5. The van der Waals surface area contributed by atoms with E-state index in [0.717, 1.165) is 10.7 Å². The number of hydrogen-bond acceptors (Lipinski definition) is 3. The van der Waals surface area contributed by atoms with Gasteiger partial charge < -0.3 is 10.3 Å². The Labute approximate surface area is 85.0 Å². The zero-order chi connectivity index (χ0) is 9.80. The Morgan fingerprint density at radius 1 is 1.64 bits per heavy atom. The summed E-state index contributed by atoms with van der Waals surface area (Å²) < 4.78 is 0. The van der Waals surface area contributed by atoms with Gasteiger partial charge in [0.05, 0.1) is 11.4 Å². The minimum Gasteiger partial charge on any atom is -0.347 e. The lowest BCUT2D eigenvalue weighted by molar-refractivity contribution is 0.0954. The number of amides is 1. The van der Waals surface area contributed by atoms with Crippen molar-refractivity contribution in [3.63, 3.8) is 0 Å². The molecule has 1 amide bonds. The van der Waals surface area contributed by atoms with Crippen molar-refractivity contribution in [2.45, 2.75) is 6.54 Å². The van der Waals surface area contributed by atoms with Crippen LogP contribution < -0.4 is 5.32 Å². The summed E-state index contributed by atoms with van der Waals surface area (Å²) in [5.74, 6) is 0.700. The molecule has 14 heavy (non-hydrogen) atoms. The number of H-pyrrole nitrogens is 1. The Balaban J connectivity index is 1.90. The van der Waals surface area contributed by atoms with Gasteiger partial charge in [-0.25, -0.2) is 4.98 Å². The molecule has 2 aromatic rings. The molecule has 5 heteroatoms. The molecule has 0 fully saturated rings. The van der Waals surface area contributed by atoms with Gasteiger partial charge in [-0.3, -0.25) is 4.79 Å². The van der Waals surface area contributed by atoms with E-state index in [9.17, 15) is 4.79 Å². The monoisotopic (exact) mass is 207 g/mol. The molecule has 0 aliphatic carbocycles. The van der Waals surface area contributed by atoms with E-state index < -0.39 is 0 Å². The highest BCUT2D eigenvalue weighted by molar-refractivity contribution is 7.12. The van der Waals surface area contributed by atoms with Gasteiger partial charge in [0.25, 0.3) is 5.91 Å². The molecule has 0 spiro atoms. The number of aromatic nitrogens is 2. The molecule has 2 N–H and O–H groups in total. The summed E-state index contributed by atoms with van der Waals surface area (Å²) in [7, 11) is 0. The van der Waals surface area contributed by atoms with Gasteiger partial charge in [0.1, 0.15) is 5.82 Å². The number of thiophene rings is 1. The molecule has 0 saturated heterocycles. The van der Waals surface area contributed by atoms with Crippen LogP contribution >= 0.6 is 11.3 Å². The predicted molar refractivity (Wildman–Crippen MR) is 54.1 cm³/mol. The van der Waals surface area contributed by atoms with E-state index in [1.54, 1.807) is 18.5 Å². The van der Waals surface area contributed by atoms with Crippen molar-refractivity contribution in [3.8, 4) is 0 Å². The van der Waals surface area contributed by atoms with Crippen LogP contribution in [0, 0.1) is 0 Å². The van der Waals surface area contributed by atoms with E-state index >= 15 is 0 Å². The van der Waals surface area contributed by atoms with Crippen LogP contribution in [0.15, 0.2) is 29.9 Å². The van der Waals surface area contributed by atoms with Crippen LogP contribution in [0.5, 0.6) is 0 Å². The van der Waals surface area contributed by atoms with E-state index in [4.69, 9.17) is 0 Å². The van der Waals surface area contributed by atoms with E-state index in [1.165, 1.54) is 11.3 Å². The summed E-state index contributed by atoms with van der Waals surface area (Å²) in [6.07, 6.45) is 3.39. The largest absolute Gasteiger partial charge is 0.347 e. The van der Waals surface area contributed by atoms with Crippen LogP contribution in [0.1, 0.15) is 15.5 Å². The summed E-state index contributed by atoms with van der Waals surface area (Å²) in [5, 5.41) is 4.64. The van der Waals surface area contributed by atoms with Gasteiger partial charge in [0.2, 0.25) is 0 Å². The third kappa shape index (κ3) is 2.00. The number of nitrogens with one attached hydrogen (secondary N) is 2. The standard InChI is InChI=1S/C9H9N3OS/c13-9(7-2-1-5-14-7)12-6-8-10-3-4-11-8/h1-5H,6H2,(H,10,11)(H,12,13). The molecule has 2 heterocycles. The van der Waals surface area contributed by atoms with Crippen molar-refractivity contribution >= 4 is 17.2 Å². The van der Waals surface area contributed by atoms with Gasteiger partial charge >= 0.3 is 0 Å². The number of rotatable bonds is 3. The van der Waals surface area contributed by atoms with Crippen LogP contribution in [0.3, 0.4) is 0 Å². The van der Waals surface area contributed by atoms with Crippen LogP contribution in [0.25, 0.3) is 0 Å². The second-order valence-electron chi connectivity index (χ2n) is 2.70. The Morgan fingerprint density at radius 3 is 3.21 bits per heavy atom. The van der Waals surface area contributed by atoms with Gasteiger partial charge in [0.15, 0.2) is 0 Å². The van der Waals surface area contributed by atoms with Crippen LogP contribution in [0.2, 0.25) is 0 Å². The third-order valence-electron chi connectivity index (χ3n) is 1.72. The highest BCUT2D eigenvalue weighted by Gasteiger charge is 2.05. The number of carbonyl (C=O) groups excluding carboxylic acids is 1. The second-order valence-corrected chi connectivity index (χ2v) is 3.64. The number of imidazole rings is 1. The summed E-state index contributed by atoms with van der Waals surface area (Å²) in [5.41, 5.74) is 0. The van der Waals surface area contributed by atoms with Crippen molar-refractivity contribution in [2.24, 2.45) is 0 Å². The fourth-order valence-corrected chi connectivity index (χ4v) is 1.69. The fourth-order valence-electron chi connectivity index (χ4n) is 1.05. The summed E-state index contributed by atoms with van der Waals surface area (Å²) in [6, 6.07) is 3.65. The first kappa shape index (κ1) is 8.96. The molecule has 0 aliphatic heterocycles. The SMILES string of the molecule is O=C(NCc1ncc[nH]1)c1cccs1. The summed E-state index contributed by atoms with van der Waals surface area (Å²) >= 11 is 1.43. The third-order valence-corrected chi connectivity index (χ3v) is 2.58. The molecule has 0 radical (unpaired) electrons. The van der Waals surface area contributed by atoms with Crippen LogP contribution in [-0.4, -0.2) is 15.9 Å². The fraction of sp³-hybridized carbons (Fsp3) is 0.111. The molecule has 0 atom stereocenters. The molecule has 0 bridgehead atoms. The highest BCUT2D eigenvalue weighted by atomic mass is 32.1. The molecular weight excluding hydrogens is 198 g/mol. The Kier molecular flexibility index (Phi) is 2.60. The van der Waals surface area contributed by atoms with Crippen molar-refractivity contribution in [1.29, 1.82) is 0 Å². The second kappa shape index (κ2) is 4.06. The molecule has 72 valence electrons. The summed E-state index contributed by atoms with van der Waals surface area (Å²) in [4.78, 5) is 19.1. The molecule has 0 aromatic carbocycles. The lowest BCUT2D eigenvalue weighted by atomic mass is 10.4. The molecule has 0 saturated carbocycles. The van der Waals surface area contributed by atoms with Crippen molar-refractivity contribution in [3.05, 3.63) is 40.6 Å². The highest BCUT2D eigenvalue weighted by Crippen LogP contribution is 2.07. The average Bonchev–Trinajstić information content (AvgIpc) is 2.87. The molecule has 2 rings (SSSR count). The first-order valence-corrected chi connectivity index (χ1v) is 5.04. The molecule has 0 unspecified atom stereocenters. The minimum absolute atomic E-state index is 0.0589. The van der Waals surface area contributed by atoms with Gasteiger partial charge in [-0.2, -0.15) is 0 Å². The smallest absolute Gasteiger partial charge is 0.261 e. The summed E-state index contributed by atoms with van der Waals surface area (Å²) in [6.45, 7) is 0.434. The Morgan fingerprint density at radius 2 is 2.57 bits per heavy atom. The van der Waals surface area contributed by atoms with Crippen molar-refractivity contribution in [2.75, 3.05) is 0 Å². The lowest BCUT2D eigenvalue weighted by Crippen LogP contribution is -2.22. The first-order chi connectivity index (χ1) is 6.86. The maximum Gasteiger partial charge on any atom is 0.261 e. The van der Waals surface area contributed by atoms with Gasteiger partial charge in [-0.05, 0) is 11.4 Å². The van der Waals surface area contributed by atoms with E-state index in [-0.39, 0.29) is 5.91 Å². The normalized spacial score (nSPS) is 10.0. The molecule has 0 aliphatic rings. The maximum atomic E-state index is 11.5. The van der Waals surface area contributed by atoms with Crippen LogP contribution in [-0.2, 0) is 6.54 Å². The predicted octanol–water partition coefficient (Wildman–Crippen LogP) is 1.40. The van der Waals surface area contributed by atoms with Gasteiger partial charge in [-0.1, -0.05) is 6.07 Å². The molecule has 2 aromatic heterocycles. The number of nitrogens with zero attached hydrogens (tertiary/aromatic N) is 1. The average molecular weight is 207 g/mol. The van der Waals surface area contributed by atoms with Crippen molar-refractivity contribution < 1.29 is 4.79 Å². The zero-order valence-electron chi connectivity index (χ0n) is 7.36. The molecular formula is C9H9N3OS. The van der Waals surface area contributed by atoms with Crippen molar-refractivity contribution in [1.82, 2.24) is 15.3 Å². The quantitative estimate of drug-likeness (QED) is 0.799. The zero-order valence-corrected chi connectivity index (χ0v) is 8.17. The number of hydrogen-bond donors (Lipinski definition) is 2.